The monoisotopic (exact) mass is 869 g/mol. The Labute approximate surface area is 400 Å². The van der Waals surface area contributed by atoms with Gasteiger partial charge < -0.3 is 4.90 Å². The van der Waals surface area contributed by atoms with Crippen molar-refractivity contribution in [1.29, 1.82) is 0 Å². The normalized spacial score (nSPS) is 15.6. The molecule has 0 saturated heterocycles. The lowest BCUT2D eigenvalue weighted by atomic mass is 9.70. The summed E-state index contributed by atoms with van der Waals surface area (Å²) in [5, 5.41) is 0. The van der Waals surface area contributed by atoms with Crippen molar-refractivity contribution >= 4 is 17.1 Å². The number of hydrogen-bond acceptors (Lipinski definition) is 1. The maximum absolute atomic E-state index is 2.52. The van der Waals surface area contributed by atoms with Gasteiger partial charge in [-0.1, -0.05) is 226 Å². The van der Waals surface area contributed by atoms with Crippen molar-refractivity contribution < 1.29 is 0 Å². The van der Waals surface area contributed by atoms with E-state index in [1.165, 1.54) is 127 Å². The number of para-hydroxylation sites is 1. The highest BCUT2D eigenvalue weighted by atomic mass is 15.1. The fourth-order valence-electron chi connectivity index (χ4n) is 12.2. The van der Waals surface area contributed by atoms with Crippen molar-refractivity contribution in [2.24, 2.45) is 0 Å². The largest absolute Gasteiger partial charge is 0.310 e. The van der Waals surface area contributed by atoms with Gasteiger partial charge in [0, 0.05) is 16.9 Å². The number of nitrogens with zero attached hydrogens (tertiary/aromatic N) is 1. The zero-order valence-corrected chi connectivity index (χ0v) is 38.2. The summed E-state index contributed by atoms with van der Waals surface area (Å²) < 4.78 is 0. The van der Waals surface area contributed by atoms with E-state index in [4.69, 9.17) is 0 Å². The van der Waals surface area contributed by atoms with Gasteiger partial charge in [0.1, 0.15) is 0 Å². The second kappa shape index (κ2) is 16.7. The average molecular weight is 870 g/mol. The molecule has 0 aliphatic heterocycles. The molecule has 1 heteroatoms. The van der Waals surface area contributed by atoms with Gasteiger partial charge in [-0.15, -0.1) is 0 Å². The van der Waals surface area contributed by atoms with E-state index in [1.54, 1.807) is 0 Å². The smallest absolute Gasteiger partial charge is 0.0726 e. The zero-order chi connectivity index (χ0) is 45.0. The van der Waals surface area contributed by atoms with Crippen LogP contribution in [0.5, 0.6) is 0 Å². The predicted octanol–water partition coefficient (Wildman–Crippen LogP) is 18.2. The molecule has 1 saturated carbocycles. The Hall–Kier alpha value is -8.00. The highest BCUT2D eigenvalue weighted by Gasteiger charge is 2.52. The first-order chi connectivity index (χ1) is 33.7. The third-order valence-corrected chi connectivity index (χ3v) is 15.3. The van der Waals surface area contributed by atoms with Gasteiger partial charge in [-0.05, 0) is 144 Å². The van der Waals surface area contributed by atoms with Crippen molar-refractivity contribution in [2.45, 2.75) is 43.4 Å². The topological polar surface area (TPSA) is 3.24 Å². The Morgan fingerprint density at radius 2 is 0.750 bits per heavy atom. The minimum absolute atomic E-state index is 0.516. The molecule has 3 aliphatic rings. The van der Waals surface area contributed by atoms with Gasteiger partial charge in [0.25, 0.3) is 0 Å². The van der Waals surface area contributed by atoms with Crippen LogP contribution in [-0.4, -0.2) is 0 Å². The van der Waals surface area contributed by atoms with Crippen LogP contribution in [0, 0.1) is 0 Å². The SMILES string of the molecule is c1ccc(-c2ccc3c(c2)C2(c4ccccc4-3)c3ccccc3-c3ccc(N(c4ccc(-c5ccc(C6CCCCC6)cc5)cc4)c4ccccc4-c4ccccc4-c4ccccc4)cc32)cc1. The van der Waals surface area contributed by atoms with E-state index in [0.717, 1.165) is 17.1 Å². The van der Waals surface area contributed by atoms with Crippen LogP contribution in [0.15, 0.2) is 243 Å². The van der Waals surface area contributed by atoms with Crippen molar-refractivity contribution in [2.75, 3.05) is 4.90 Å². The highest BCUT2D eigenvalue weighted by Crippen LogP contribution is 2.64. The molecule has 0 amide bonds. The number of anilines is 3. The molecule has 0 heterocycles. The van der Waals surface area contributed by atoms with Gasteiger partial charge in [-0.25, -0.2) is 0 Å². The number of benzene rings is 10. The molecule has 0 N–H and O–H groups in total. The van der Waals surface area contributed by atoms with Crippen LogP contribution in [0.3, 0.4) is 0 Å². The molecule has 0 aromatic heterocycles. The molecule has 1 spiro atoms. The van der Waals surface area contributed by atoms with Crippen molar-refractivity contribution in [1.82, 2.24) is 0 Å². The van der Waals surface area contributed by atoms with Crippen LogP contribution in [0.2, 0.25) is 0 Å². The van der Waals surface area contributed by atoms with E-state index in [0.29, 0.717) is 5.92 Å². The minimum atomic E-state index is -0.516. The Morgan fingerprint density at radius 1 is 0.294 bits per heavy atom. The average Bonchev–Trinajstić information content (AvgIpc) is 3.89. The van der Waals surface area contributed by atoms with E-state index in [9.17, 15) is 0 Å². The summed E-state index contributed by atoms with van der Waals surface area (Å²) in [4.78, 5) is 2.51. The maximum atomic E-state index is 2.52. The van der Waals surface area contributed by atoms with E-state index in [1.807, 2.05) is 0 Å². The van der Waals surface area contributed by atoms with Crippen LogP contribution in [0.4, 0.5) is 17.1 Å². The lowest BCUT2D eigenvalue weighted by molar-refractivity contribution is 0.443. The summed E-state index contributed by atoms with van der Waals surface area (Å²) in [5.74, 6) is 0.692. The molecule has 1 atom stereocenters. The second-order valence-corrected chi connectivity index (χ2v) is 19.0. The first-order valence-electron chi connectivity index (χ1n) is 24.5. The molecular weight excluding hydrogens is 819 g/mol. The summed E-state index contributed by atoms with van der Waals surface area (Å²) >= 11 is 0. The summed E-state index contributed by atoms with van der Waals surface area (Å²) in [6.45, 7) is 0. The van der Waals surface area contributed by atoms with Gasteiger partial charge in [0.15, 0.2) is 0 Å². The molecule has 10 aromatic carbocycles. The first kappa shape index (κ1) is 40.3. The third kappa shape index (κ3) is 6.52. The molecule has 0 radical (unpaired) electrons. The maximum Gasteiger partial charge on any atom is 0.0726 e. The van der Waals surface area contributed by atoms with Crippen LogP contribution >= 0.6 is 0 Å². The van der Waals surface area contributed by atoms with Crippen LogP contribution in [0.25, 0.3) is 66.8 Å². The Balaban J connectivity index is 1.01. The summed E-state index contributed by atoms with van der Waals surface area (Å²) in [5.41, 5.74) is 24.6. The molecular formula is C67H51N. The zero-order valence-electron chi connectivity index (χ0n) is 38.2. The molecule has 1 unspecified atom stereocenters. The molecule has 324 valence electrons. The molecule has 0 bridgehead atoms. The fraction of sp³-hybridized carbons (Fsp3) is 0.104. The van der Waals surface area contributed by atoms with Crippen LogP contribution in [0.1, 0.15) is 65.8 Å². The molecule has 3 aliphatic carbocycles. The van der Waals surface area contributed by atoms with Gasteiger partial charge >= 0.3 is 0 Å². The Kier molecular flexibility index (Phi) is 9.90. The summed E-state index contributed by atoms with van der Waals surface area (Å²) in [6.07, 6.45) is 6.69. The Bertz CT molecular complexity index is 3460. The standard InChI is InChI=1S/C67H51N/c1-4-18-46(19-5-1)48-32-34-49(35-33-48)50-36-39-53(40-37-50)68(66-31-17-14-28-61(66)56-25-11-10-24-55(56)51-22-8-3-9-23-51)54-41-43-60-58-27-13-16-30-63(58)67(65(60)45-54)62-29-15-12-26-57(62)59-42-38-52(44-64(59)67)47-20-6-2-7-21-47/h2-3,6-17,20-46H,1,4-5,18-19H2. The molecule has 13 rings (SSSR count). The highest BCUT2D eigenvalue weighted by molar-refractivity contribution is 5.99. The van der Waals surface area contributed by atoms with Crippen molar-refractivity contribution in [3.8, 4) is 66.8 Å². The molecule has 10 aromatic rings. The molecule has 1 nitrogen and oxygen atoms in total. The van der Waals surface area contributed by atoms with E-state index in [2.05, 4.69) is 248 Å². The minimum Gasteiger partial charge on any atom is -0.310 e. The lowest BCUT2D eigenvalue weighted by Gasteiger charge is -2.33. The van der Waals surface area contributed by atoms with Gasteiger partial charge in [0.2, 0.25) is 0 Å². The summed E-state index contributed by atoms with van der Waals surface area (Å²) in [7, 11) is 0. The Morgan fingerprint density at radius 3 is 1.41 bits per heavy atom. The molecule has 1 fully saturated rings. The summed E-state index contributed by atoms with van der Waals surface area (Å²) in [6, 6.07) is 91.0. The first-order valence-corrected chi connectivity index (χ1v) is 24.5. The number of hydrogen-bond donors (Lipinski definition) is 0. The van der Waals surface area contributed by atoms with Crippen molar-refractivity contribution in [3.05, 3.63) is 270 Å². The lowest BCUT2D eigenvalue weighted by Crippen LogP contribution is -2.26. The van der Waals surface area contributed by atoms with Gasteiger partial charge in [0.05, 0.1) is 11.1 Å². The van der Waals surface area contributed by atoms with Crippen LogP contribution < -0.4 is 4.90 Å². The van der Waals surface area contributed by atoms with Crippen LogP contribution in [-0.2, 0) is 5.41 Å². The predicted molar refractivity (Wildman–Crippen MR) is 285 cm³/mol. The number of rotatable bonds is 8. The van der Waals surface area contributed by atoms with Gasteiger partial charge in [-0.2, -0.15) is 0 Å². The quantitative estimate of drug-likeness (QED) is 0.147. The number of fused-ring (bicyclic) bond motifs is 10. The van der Waals surface area contributed by atoms with E-state index in [-0.39, 0.29) is 0 Å². The third-order valence-electron chi connectivity index (χ3n) is 15.3. The fourth-order valence-corrected chi connectivity index (χ4v) is 12.2. The molecule has 68 heavy (non-hydrogen) atoms. The van der Waals surface area contributed by atoms with Crippen molar-refractivity contribution in [3.63, 3.8) is 0 Å². The van der Waals surface area contributed by atoms with E-state index >= 15 is 0 Å². The second-order valence-electron chi connectivity index (χ2n) is 19.0. The van der Waals surface area contributed by atoms with Gasteiger partial charge in [-0.3, -0.25) is 0 Å². The van der Waals surface area contributed by atoms with E-state index < -0.39 is 5.41 Å².